The first-order valence-corrected chi connectivity index (χ1v) is 3.92. The van der Waals surface area contributed by atoms with Crippen LogP contribution in [0, 0.1) is 23.0 Å². The van der Waals surface area contributed by atoms with Crippen molar-refractivity contribution >= 4 is 23.3 Å². The summed E-state index contributed by atoms with van der Waals surface area (Å²) in [4.78, 5) is 9.11. The van der Waals surface area contributed by atoms with Crippen LogP contribution in [0.4, 0.5) is 0 Å². The van der Waals surface area contributed by atoms with Crippen LogP contribution in [0.15, 0.2) is 0 Å². The molecule has 0 saturated heterocycles. The van der Waals surface area contributed by atoms with E-state index in [2.05, 4.69) is 34.9 Å². The first-order chi connectivity index (χ1) is 5.99. The fourth-order valence-electron chi connectivity index (χ4n) is 0.303. The first-order valence-electron chi connectivity index (χ1n) is 3.12. The Balaban J connectivity index is 3.85. The van der Waals surface area contributed by atoms with E-state index in [9.17, 15) is 0 Å². The van der Waals surface area contributed by atoms with E-state index in [1.54, 1.807) is 13.8 Å². The summed E-state index contributed by atoms with van der Waals surface area (Å²) in [6.07, 6.45) is 2.58. The van der Waals surface area contributed by atoms with Crippen LogP contribution in [0.1, 0.15) is 13.8 Å². The number of hydrogen-bond donors (Lipinski definition) is 0. The highest BCUT2D eigenvalue weighted by Gasteiger charge is 2.31. The van der Waals surface area contributed by atoms with Crippen molar-refractivity contribution in [3.63, 3.8) is 0 Å². The molecule has 0 spiro atoms. The number of nitrogens with zero attached hydrogens (tertiary/aromatic N) is 2. The first kappa shape index (κ1) is 12.0. The van der Waals surface area contributed by atoms with Crippen LogP contribution >= 0.6 is 15.9 Å². The molecular formula is C5H6BBrN2O4. The van der Waals surface area contributed by atoms with Crippen LogP contribution in [-0.4, -0.2) is 11.8 Å². The molecule has 0 aromatic rings. The van der Waals surface area contributed by atoms with E-state index in [1.165, 1.54) is 12.5 Å². The Morgan fingerprint density at radius 3 is 2.00 bits per heavy atom. The molecule has 0 heterocycles. The van der Waals surface area contributed by atoms with Crippen LogP contribution in [0.5, 0.6) is 0 Å². The lowest BCUT2D eigenvalue weighted by Crippen LogP contribution is -2.28. The second-order valence-electron chi connectivity index (χ2n) is 2.25. The van der Waals surface area contributed by atoms with Crippen LogP contribution in [-0.2, 0) is 19.0 Å². The molecule has 0 radical (unpaired) electrons. The van der Waals surface area contributed by atoms with E-state index >= 15 is 0 Å². The van der Waals surface area contributed by atoms with Crippen molar-refractivity contribution in [3.05, 3.63) is 0 Å². The molecule has 0 aliphatic rings. The third-order valence-electron chi connectivity index (χ3n) is 0.623. The average Bonchev–Trinajstić information content (AvgIpc) is 2.00. The highest BCUT2D eigenvalue weighted by molar-refractivity contribution is 9.10. The predicted molar refractivity (Wildman–Crippen MR) is 44.3 cm³/mol. The predicted octanol–water partition coefficient (Wildman–Crippen LogP) is 1.05. The minimum absolute atomic E-state index is 0.761. The van der Waals surface area contributed by atoms with E-state index in [0.717, 1.165) is 0 Å². The number of halogens is 1. The third-order valence-corrected chi connectivity index (χ3v) is 0.755. The molecule has 0 amide bonds. The molecule has 70 valence electrons. The Morgan fingerprint density at radius 1 is 1.23 bits per heavy atom. The summed E-state index contributed by atoms with van der Waals surface area (Å²) in [6, 6.07) is 0. The fourth-order valence-corrected chi connectivity index (χ4v) is 0.379. The summed E-state index contributed by atoms with van der Waals surface area (Å²) in [6.45, 7) is 3.28. The second-order valence-corrected chi connectivity index (χ2v) is 4.16. The zero-order chi connectivity index (χ0) is 10.3. The van der Waals surface area contributed by atoms with Crippen molar-refractivity contribution in [2.24, 2.45) is 0 Å². The topological polar surface area (TPSA) is 84.5 Å². The van der Waals surface area contributed by atoms with E-state index in [4.69, 9.17) is 10.5 Å². The monoisotopic (exact) mass is 248 g/mol. The standard InChI is InChI=1S/C5H6BBrN2O4/c1-5(2,7)12-13-6(10-3-8)11-4-9/h1-2H3. The molecule has 8 heteroatoms. The largest absolute Gasteiger partial charge is 0.837 e. The Hall–Kier alpha value is -0.955. The van der Waals surface area contributed by atoms with Crippen molar-refractivity contribution in [1.82, 2.24) is 0 Å². The lowest BCUT2D eigenvalue weighted by Gasteiger charge is -2.15. The van der Waals surface area contributed by atoms with Gasteiger partial charge in [0.2, 0.25) is 0 Å². The maximum absolute atomic E-state index is 8.08. The average molecular weight is 249 g/mol. The highest BCUT2D eigenvalue weighted by atomic mass is 79.9. The maximum Gasteiger partial charge on any atom is 0.837 e. The molecule has 0 atom stereocenters. The summed E-state index contributed by atoms with van der Waals surface area (Å²) >= 11 is 3.09. The number of alkyl halides is 1. The zero-order valence-corrected chi connectivity index (χ0v) is 8.57. The van der Waals surface area contributed by atoms with Crippen LogP contribution < -0.4 is 0 Å². The summed E-state index contributed by atoms with van der Waals surface area (Å²) in [5, 5.41) is 16.2. The molecule has 0 N–H and O–H groups in total. The van der Waals surface area contributed by atoms with Gasteiger partial charge in [0.05, 0.1) is 0 Å². The Labute approximate surface area is 84.2 Å². The van der Waals surface area contributed by atoms with Gasteiger partial charge in [0.15, 0.2) is 4.51 Å². The number of rotatable bonds is 5. The molecule has 0 rings (SSSR count). The van der Waals surface area contributed by atoms with E-state index in [0.29, 0.717) is 0 Å². The van der Waals surface area contributed by atoms with Crippen LogP contribution in [0.2, 0.25) is 0 Å². The molecule has 0 aromatic carbocycles. The van der Waals surface area contributed by atoms with Gasteiger partial charge in [0.1, 0.15) is 0 Å². The quantitative estimate of drug-likeness (QED) is 0.238. The molecule has 0 aliphatic carbocycles. The van der Waals surface area contributed by atoms with Gasteiger partial charge < -0.3 is 9.31 Å². The molecular weight excluding hydrogens is 243 g/mol. The molecule has 13 heavy (non-hydrogen) atoms. The Kier molecular flexibility index (Phi) is 5.23. The van der Waals surface area contributed by atoms with Gasteiger partial charge in [-0.2, -0.15) is 10.5 Å². The van der Waals surface area contributed by atoms with E-state index in [1.807, 2.05) is 0 Å². The number of nitriles is 2. The lowest BCUT2D eigenvalue weighted by molar-refractivity contribution is -0.269. The molecule has 0 fully saturated rings. The van der Waals surface area contributed by atoms with Gasteiger partial charge in [-0.3, -0.25) is 0 Å². The summed E-state index contributed by atoms with van der Waals surface area (Å²) in [7, 11) is -1.48. The van der Waals surface area contributed by atoms with E-state index in [-0.39, 0.29) is 0 Å². The van der Waals surface area contributed by atoms with Gasteiger partial charge in [-0.15, -0.1) is 0 Å². The Morgan fingerprint density at radius 2 is 1.69 bits per heavy atom. The molecule has 6 nitrogen and oxygen atoms in total. The van der Waals surface area contributed by atoms with Crippen molar-refractivity contribution < 1.29 is 19.0 Å². The number of hydrogen-bond acceptors (Lipinski definition) is 6. The SMILES string of the molecule is CC(C)(Br)OOB(OC#N)OC#N. The molecule has 0 bridgehead atoms. The summed E-state index contributed by atoms with van der Waals surface area (Å²) in [5.74, 6) is 0. The van der Waals surface area contributed by atoms with Crippen LogP contribution in [0.25, 0.3) is 0 Å². The third kappa shape index (κ3) is 7.41. The van der Waals surface area contributed by atoms with Crippen molar-refractivity contribution in [1.29, 1.82) is 10.5 Å². The van der Waals surface area contributed by atoms with Gasteiger partial charge in [-0.25, -0.2) is 9.69 Å². The highest BCUT2D eigenvalue weighted by Crippen LogP contribution is 2.17. The van der Waals surface area contributed by atoms with Crippen molar-refractivity contribution in [2.45, 2.75) is 18.4 Å². The van der Waals surface area contributed by atoms with Gasteiger partial charge >= 0.3 is 7.32 Å². The molecule has 0 aliphatic heterocycles. The fraction of sp³-hybridized carbons (Fsp3) is 0.600. The maximum atomic E-state index is 8.08. The van der Waals surface area contributed by atoms with Gasteiger partial charge in [0, 0.05) is 0 Å². The van der Waals surface area contributed by atoms with E-state index < -0.39 is 11.8 Å². The van der Waals surface area contributed by atoms with Gasteiger partial charge in [0.25, 0.3) is 12.5 Å². The smallest absolute Gasteiger partial charge is 0.429 e. The van der Waals surface area contributed by atoms with Crippen LogP contribution in [0.3, 0.4) is 0 Å². The van der Waals surface area contributed by atoms with Crippen molar-refractivity contribution in [2.75, 3.05) is 0 Å². The summed E-state index contributed by atoms with van der Waals surface area (Å²) in [5.41, 5.74) is 0. The van der Waals surface area contributed by atoms with Gasteiger partial charge in [-0.1, -0.05) is 15.9 Å². The minimum Gasteiger partial charge on any atom is -0.429 e. The molecule has 0 unspecified atom stereocenters. The summed E-state index contributed by atoms with van der Waals surface area (Å²) < 4.78 is 7.58. The zero-order valence-electron chi connectivity index (χ0n) is 6.98. The molecule has 0 saturated carbocycles. The minimum atomic E-state index is -1.48. The van der Waals surface area contributed by atoms with Crippen molar-refractivity contribution in [3.8, 4) is 12.5 Å². The Bertz CT molecular complexity index is 214. The van der Waals surface area contributed by atoms with Gasteiger partial charge in [-0.05, 0) is 13.8 Å². The molecule has 0 aromatic heterocycles. The lowest BCUT2D eigenvalue weighted by atomic mass is 10.2. The second kappa shape index (κ2) is 5.65. The normalized spacial score (nSPS) is 9.62.